The van der Waals surface area contributed by atoms with E-state index in [-0.39, 0.29) is 5.75 Å². The van der Waals surface area contributed by atoms with Crippen LogP contribution in [0, 0.1) is 0 Å². The number of rotatable bonds is 9. The highest BCUT2D eigenvalue weighted by molar-refractivity contribution is 7.90. The zero-order valence-corrected chi connectivity index (χ0v) is 21.9. The molecule has 0 aliphatic heterocycles. The van der Waals surface area contributed by atoms with Crippen LogP contribution in [0.3, 0.4) is 0 Å². The molecule has 0 atom stereocenters. The molecule has 2 aromatic heterocycles. The molecule has 0 radical (unpaired) electrons. The molecular weight excluding hydrogens is 504 g/mol. The number of fused-ring (bicyclic) bond motifs is 1. The number of thiazole rings is 1. The van der Waals surface area contributed by atoms with Crippen molar-refractivity contribution in [1.82, 2.24) is 15.3 Å². The van der Waals surface area contributed by atoms with Crippen molar-refractivity contribution in [2.45, 2.75) is 6.54 Å². The number of nitrogens with zero attached hydrogens (tertiary/aromatic N) is 2. The average molecular weight is 531 g/mol. The number of hydrogen-bond acceptors (Lipinski definition) is 8. The van der Waals surface area contributed by atoms with Gasteiger partial charge in [0.25, 0.3) is 0 Å². The van der Waals surface area contributed by atoms with Crippen LogP contribution in [-0.2, 0) is 16.4 Å². The Balaban J connectivity index is 1.34. The third-order valence-electron chi connectivity index (χ3n) is 5.73. The summed E-state index contributed by atoms with van der Waals surface area (Å²) in [4.78, 5) is 9.59. The number of para-hydroxylation sites is 1. The molecule has 3 aromatic carbocycles. The Morgan fingerprint density at radius 2 is 1.65 bits per heavy atom. The van der Waals surface area contributed by atoms with Gasteiger partial charge in [0, 0.05) is 46.9 Å². The van der Waals surface area contributed by atoms with Crippen LogP contribution in [0.5, 0.6) is 11.5 Å². The number of hydrogen-bond donors (Lipinski definition) is 2. The maximum absolute atomic E-state index is 11.3. The van der Waals surface area contributed by atoms with Gasteiger partial charge >= 0.3 is 0 Å². The highest BCUT2D eigenvalue weighted by Gasteiger charge is 2.11. The molecule has 7 nitrogen and oxygen atoms in total. The standard InChI is InChI=1S/C28H26N4O3S2/c1-37(33,34)14-13-30-17-21-18-36-28(31-21)20-9-12-24-25(29)16-26(32-27(24)15-20)19-7-10-23(11-8-19)35-22-5-3-2-4-6-22/h2-12,15-16,18,30H,13-14,17H2,1H3,(H2,29,32). The number of sulfone groups is 1. The van der Waals surface area contributed by atoms with E-state index in [0.717, 1.165) is 49.9 Å². The highest BCUT2D eigenvalue weighted by Crippen LogP contribution is 2.32. The number of nitrogen functional groups attached to an aromatic ring is 1. The lowest BCUT2D eigenvalue weighted by atomic mass is 10.1. The summed E-state index contributed by atoms with van der Waals surface area (Å²) in [5.41, 5.74) is 11.4. The number of benzene rings is 3. The molecule has 0 spiro atoms. The third kappa shape index (κ3) is 6.32. The van der Waals surface area contributed by atoms with Gasteiger partial charge in [0.05, 0.1) is 22.7 Å². The molecule has 2 heterocycles. The van der Waals surface area contributed by atoms with Crippen LogP contribution in [0.4, 0.5) is 5.69 Å². The molecule has 188 valence electrons. The highest BCUT2D eigenvalue weighted by atomic mass is 32.2. The molecule has 0 bridgehead atoms. The summed E-state index contributed by atoms with van der Waals surface area (Å²) >= 11 is 1.54. The van der Waals surface area contributed by atoms with Crippen LogP contribution in [-0.4, -0.2) is 36.9 Å². The molecule has 0 unspecified atom stereocenters. The molecular formula is C28H26N4O3S2. The Morgan fingerprint density at radius 1 is 0.919 bits per heavy atom. The van der Waals surface area contributed by atoms with Crippen molar-refractivity contribution < 1.29 is 13.2 Å². The molecule has 0 saturated carbocycles. The molecule has 3 N–H and O–H groups in total. The third-order valence-corrected chi connectivity index (χ3v) is 7.61. The van der Waals surface area contributed by atoms with Gasteiger partial charge in [0.2, 0.25) is 0 Å². The van der Waals surface area contributed by atoms with Crippen molar-refractivity contribution in [3.05, 3.63) is 89.9 Å². The van der Waals surface area contributed by atoms with Crippen molar-refractivity contribution in [2.24, 2.45) is 0 Å². The van der Waals surface area contributed by atoms with Gasteiger partial charge in [-0.05, 0) is 48.5 Å². The molecule has 5 rings (SSSR count). The molecule has 0 fully saturated rings. The smallest absolute Gasteiger partial charge is 0.148 e. The molecule has 0 aliphatic rings. The monoisotopic (exact) mass is 530 g/mol. The van der Waals surface area contributed by atoms with Gasteiger partial charge in [-0.25, -0.2) is 18.4 Å². The fourth-order valence-corrected chi connectivity index (χ4v) is 5.18. The maximum Gasteiger partial charge on any atom is 0.148 e. The lowest BCUT2D eigenvalue weighted by Crippen LogP contribution is -2.22. The Kier molecular flexibility index (Phi) is 7.18. The van der Waals surface area contributed by atoms with Gasteiger partial charge in [-0.3, -0.25) is 0 Å². The Morgan fingerprint density at radius 3 is 2.41 bits per heavy atom. The first-order chi connectivity index (χ1) is 17.8. The molecule has 5 aromatic rings. The minimum Gasteiger partial charge on any atom is -0.457 e. The van der Waals surface area contributed by atoms with Crippen LogP contribution in [0.15, 0.2) is 84.2 Å². The first-order valence-corrected chi connectivity index (χ1v) is 14.6. The molecule has 0 saturated heterocycles. The Bertz CT molecular complexity index is 1630. The van der Waals surface area contributed by atoms with E-state index in [9.17, 15) is 8.42 Å². The molecule has 0 amide bonds. The zero-order valence-electron chi connectivity index (χ0n) is 20.2. The largest absolute Gasteiger partial charge is 0.457 e. The second kappa shape index (κ2) is 10.7. The predicted molar refractivity (Wildman–Crippen MR) is 151 cm³/mol. The summed E-state index contributed by atoms with van der Waals surface area (Å²) in [6.45, 7) is 0.909. The number of aromatic nitrogens is 2. The van der Waals surface area contributed by atoms with Crippen molar-refractivity contribution in [3.63, 3.8) is 0 Å². The van der Waals surface area contributed by atoms with Crippen molar-refractivity contribution in [2.75, 3.05) is 24.3 Å². The predicted octanol–water partition coefficient (Wildman–Crippen LogP) is 5.53. The summed E-state index contributed by atoms with van der Waals surface area (Å²) in [6.07, 6.45) is 1.23. The van der Waals surface area contributed by atoms with Gasteiger partial charge in [-0.15, -0.1) is 11.3 Å². The normalized spacial score (nSPS) is 11.6. The van der Waals surface area contributed by atoms with Crippen molar-refractivity contribution in [1.29, 1.82) is 0 Å². The van der Waals surface area contributed by atoms with E-state index in [1.807, 2.05) is 84.2 Å². The van der Waals surface area contributed by atoms with Gasteiger partial charge in [-0.1, -0.05) is 30.3 Å². The van der Waals surface area contributed by atoms with Crippen LogP contribution in [0.25, 0.3) is 32.7 Å². The van der Waals surface area contributed by atoms with Crippen molar-refractivity contribution in [3.8, 4) is 33.3 Å². The molecule has 37 heavy (non-hydrogen) atoms. The second-order valence-electron chi connectivity index (χ2n) is 8.72. The number of anilines is 1. The average Bonchev–Trinajstić information content (AvgIpc) is 3.36. The van der Waals surface area contributed by atoms with E-state index in [0.29, 0.717) is 18.8 Å². The topological polar surface area (TPSA) is 107 Å². The first-order valence-electron chi connectivity index (χ1n) is 11.7. The lowest BCUT2D eigenvalue weighted by molar-refractivity contribution is 0.483. The van der Waals surface area contributed by atoms with Gasteiger partial charge < -0.3 is 15.8 Å². The first kappa shape index (κ1) is 24.9. The van der Waals surface area contributed by atoms with Crippen molar-refractivity contribution >= 4 is 37.8 Å². The van der Waals surface area contributed by atoms with Crippen LogP contribution < -0.4 is 15.8 Å². The van der Waals surface area contributed by atoms with Crippen LogP contribution >= 0.6 is 11.3 Å². The number of nitrogens with one attached hydrogen (secondary N) is 1. The number of nitrogens with two attached hydrogens (primary N) is 1. The summed E-state index contributed by atoms with van der Waals surface area (Å²) in [5.74, 6) is 1.63. The quantitative estimate of drug-likeness (QED) is 0.241. The van der Waals surface area contributed by atoms with Crippen LogP contribution in [0.2, 0.25) is 0 Å². The summed E-state index contributed by atoms with van der Waals surface area (Å²) in [7, 11) is -2.98. The number of pyridine rings is 1. The fraction of sp³-hybridized carbons (Fsp3) is 0.143. The van der Waals surface area contributed by atoms with E-state index in [2.05, 4.69) is 5.32 Å². The molecule has 9 heteroatoms. The minimum atomic E-state index is -2.98. The Labute approximate surface area is 219 Å². The second-order valence-corrected chi connectivity index (χ2v) is 11.8. The van der Waals surface area contributed by atoms with Crippen LogP contribution in [0.1, 0.15) is 5.69 Å². The lowest BCUT2D eigenvalue weighted by Gasteiger charge is -2.09. The van der Waals surface area contributed by atoms with Gasteiger partial charge in [-0.2, -0.15) is 0 Å². The van der Waals surface area contributed by atoms with E-state index in [1.165, 1.54) is 17.6 Å². The minimum absolute atomic E-state index is 0.104. The summed E-state index contributed by atoms with van der Waals surface area (Å²) in [5, 5.41) is 6.86. The summed E-state index contributed by atoms with van der Waals surface area (Å²) in [6, 6.07) is 25.3. The fourth-order valence-electron chi connectivity index (χ4n) is 3.85. The summed E-state index contributed by atoms with van der Waals surface area (Å²) < 4.78 is 28.5. The van der Waals surface area contributed by atoms with E-state index >= 15 is 0 Å². The SMILES string of the molecule is CS(=O)(=O)CCNCc1csc(-c2ccc3c(N)cc(-c4ccc(Oc5ccccc5)cc4)nc3c2)n1. The zero-order chi connectivity index (χ0) is 25.8. The number of ether oxygens (including phenoxy) is 1. The Hall–Kier alpha value is -3.79. The van der Waals surface area contributed by atoms with Gasteiger partial charge in [0.1, 0.15) is 26.3 Å². The molecule has 0 aliphatic carbocycles. The van der Waals surface area contributed by atoms with E-state index in [1.54, 1.807) is 0 Å². The van der Waals surface area contributed by atoms with Gasteiger partial charge in [0.15, 0.2) is 0 Å². The maximum atomic E-state index is 11.3. The van der Waals surface area contributed by atoms with E-state index in [4.69, 9.17) is 20.4 Å². The van der Waals surface area contributed by atoms with E-state index < -0.39 is 9.84 Å².